The van der Waals surface area contributed by atoms with Crippen LogP contribution in [0.25, 0.3) is 0 Å². The first-order valence-electron chi connectivity index (χ1n) is 6.89. The van der Waals surface area contributed by atoms with Crippen molar-refractivity contribution in [3.63, 3.8) is 0 Å². The third-order valence-electron chi connectivity index (χ3n) is 3.90. The highest BCUT2D eigenvalue weighted by Crippen LogP contribution is 2.30. The molecule has 3 nitrogen and oxygen atoms in total. The van der Waals surface area contributed by atoms with Crippen LogP contribution < -0.4 is 10.1 Å². The Morgan fingerprint density at radius 2 is 2.22 bits per heavy atom. The smallest absolute Gasteiger partial charge is 0.122 e. The minimum atomic E-state index is 0.455. The Kier molecular flexibility index (Phi) is 3.27. The van der Waals surface area contributed by atoms with Gasteiger partial charge in [0.15, 0.2) is 0 Å². The molecule has 0 aromatic heterocycles. The summed E-state index contributed by atoms with van der Waals surface area (Å²) in [5, 5.41) is 3.63. The summed E-state index contributed by atoms with van der Waals surface area (Å²) in [7, 11) is 4.31. The molecule has 1 heterocycles. The highest BCUT2D eigenvalue weighted by Gasteiger charge is 2.24. The molecule has 0 spiro atoms. The molecule has 98 valence electrons. The maximum atomic E-state index is 5.57. The van der Waals surface area contributed by atoms with Crippen LogP contribution in [0.2, 0.25) is 0 Å². The van der Waals surface area contributed by atoms with Gasteiger partial charge in [0.2, 0.25) is 0 Å². The first-order chi connectivity index (χ1) is 8.74. The van der Waals surface area contributed by atoms with Gasteiger partial charge in [0.25, 0.3) is 0 Å². The van der Waals surface area contributed by atoms with E-state index in [0.29, 0.717) is 6.04 Å². The second kappa shape index (κ2) is 4.90. The van der Waals surface area contributed by atoms with Crippen molar-refractivity contribution in [1.29, 1.82) is 0 Å². The Morgan fingerprint density at radius 3 is 2.94 bits per heavy atom. The lowest BCUT2D eigenvalue weighted by Crippen LogP contribution is -2.32. The molecule has 3 rings (SSSR count). The van der Waals surface area contributed by atoms with E-state index in [1.54, 1.807) is 0 Å². The van der Waals surface area contributed by atoms with E-state index in [-0.39, 0.29) is 0 Å². The van der Waals surface area contributed by atoms with E-state index in [4.69, 9.17) is 4.74 Å². The third kappa shape index (κ3) is 2.52. The van der Waals surface area contributed by atoms with Crippen LogP contribution in [-0.4, -0.2) is 38.2 Å². The van der Waals surface area contributed by atoms with Gasteiger partial charge in [-0.05, 0) is 44.1 Å². The van der Waals surface area contributed by atoms with E-state index in [1.165, 1.54) is 24.0 Å². The average Bonchev–Trinajstić information content (AvgIpc) is 3.05. The summed E-state index contributed by atoms with van der Waals surface area (Å²) in [6.07, 6.45) is 3.75. The zero-order valence-electron chi connectivity index (χ0n) is 11.3. The molecule has 0 amide bonds. The fourth-order valence-corrected chi connectivity index (χ4v) is 2.58. The molecule has 0 radical (unpaired) electrons. The highest BCUT2D eigenvalue weighted by molar-refractivity contribution is 5.40. The van der Waals surface area contributed by atoms with Crippen LogP contribution in [0.4, 0.5) is 0 Å². The van der Waals surface area contributed by atoms with Gasteiger partial charge in [-0.2, -0.15) is 0 Å². The van der Waals surface area contributed by atoms with E-state index in [9.17, 15) is 0 Å². The van der Waals surface area contributed by atoms with E-state index >= 15 is 0 Å². The van der Waals surface area contributed by atoms with Crippen molar-refractivity contribution in [2.75, 3.05) is 27.2 Å². The van der Waals surface area contributed by atoms with Crippen LogP contribution >= 0.6 is 0 Å². The maximum absolute atomic E-state index is 5.57. The predicted octanol–water partition coefficient (Wildman–Crippen LogP) is 1.98. The molecule has 1 aliphatic carbocycles. The maximum Gasteiger partial charge on any atom is 0.122 e. The molecule has 18 heavy (non-hydrogen) atoms. The van der Waals surface area contributed by atoms with Gasteiger partial charge in [0.1, 0.15) is 5.75 Å². The Morgan fingerprint density at radius 1 is 1.39 bits per heavy atom. The van der Waals surface area contributed by atoms with Gasteiger partial charge >= 0.3 is 0 Å². The lowest BCUT2D eigenvalue weighted by Gasteiger charge is -2.25. The number of hydrogen-bond acceptors (Lipinski definition) is 3. The number of nitrogens with zero attached hydrogens (tertiary/aromatic N) is 1. The Balaban J connectivity index is 1.75. The highest BCUT2D eigenvalue weighted by atomic mass is 16.5. The molecular weight excluding hydrogens is 224 g/mol. The van der Waals surface area contributed by atoms with Crippen molar-refractivity contribution in [2.24, 2.45) is 0 Å². The van der Waals surface area contributed by atoms with Crippen LogP contribution in [0.1, 0.15) is 30.0 Å². The average molecular weight is 246 g/mol. The summed E-state index contributed by atoms with van der Waals surface area (Å²) in [5.41, 5.74) is 2.77. The molecule has 1 saturated carbocycles. The molecule has 1 aliphatic heterocycles. The van der Waals surface area contributed by atoms with Crippen LogP contribution in [0.3, 0.4) is 0 Å². The van der Waals surface area contributed by atoms with Crippen LogP contribution in [-0.2, 0) is 6.42 Å². The van der Waals surface area contributed by atoms with E-state index in [1.807, 2.05) is 0 Å². The van der Waals surface area contributed by atoms with Crippen LogP contribution in [0.15, 0.2) is 18.2 Å². The quantitative estimate of drug-likeness (QED) is 0.859. The summed E-state index contributed by atoms with van der Waals surface area (Å²) >= 11 is 0. The van der Waals surface area contributed by atoms with Gasteiger partial charge in [0, 0.05) is 25.0 Å². The lowest BCUT2D eigenvalue weighted by atomic mass is 10.0. The summed E-state index contributed by atoms with van der Waals surface area (Å²) in [6, 6.07) is 7.89. The van der Waals surface area contributed by atoms with Crippen molar-refractivity contribution < 1.29 is 4.74 Å². The van der Waals surface area contributed by atoms with Gasteiger partial charge in [-0.15, -0.1) is 0 Å². The van der Waals surface area contributed by atoms with Crippen molar-refractivity contribution in [1.82, 2.24) is 10.2 Å². The summed E-state index contributed by atoms with van der Waals surface area (Å²) < 4.78 is 5.57. The summed E-state index contributed by atoms with van der Waals surface area (Å²) in [6.45, 7) is 1.88. The molecule has 1 fully saturated rings. The van der Waals surface area contributed by atoms with Crippen LogP contribution in [0, 0.1) is 0 Å². The molecule has 1 N–H and O–H groups in total. The first-order valence-corrected chi connectivity index (χ1v) is 6.89. The third-order valence-corrected chi connectivity index (χ3v) is 3.90. The predicted molar refractivity (Wildman–Crippen MR) is 73.1 cm³/mol. The number of rotatable bonds is 5. The molecule has 2 aliphatic rings. The first kappa shape index (κ1) is 12.0. The summed E-state index contributed by atoms with van der Waals surface area (Å²) in [5.74, 6) is 1.08. The van der Waals surface area contributed by atoms with Crippen molar-refractivity contribution in [3.8, 4) is 5.75 Å². The van der Waals surface area contributed by atoms with Gasteiger partial charge in [-0.1, -0.05) is 12.1 Å². The zero-order valence-corrected chi connectivity index (χ0v) is 11.3. The monoisotopic (exact) mass is 246 g/mol. The normalized spacial score (nSPS) is 19.7. The summed E-state index contributed by atoms with van der Waals surface area (Å²) in [4.78, 5) is 2.30. The second-order valence-corrected chi connectivity index (χ2v) is 5.63. The van der Waals surface area contributed by atoms with Gasteiger partial charge in [-0.25, -0.2) is 0 Å². The standard InChI is InChI=1S/C15H22N2O/c1-17(2)14(10-16-13-4-5-13)11-3-6-15-12(9-11)7-8-18-15/h3,6,9,13-14,16H,4-5,7-8,10H2,1-2H3. The van der Waals surface area contributed by atoms with E-state index in [2.05, 4.69) is 42.5 Å². The second-order valence-electron chi connectivity index (χ2n) is 5.63. The molecule has 1 unspecified atom stereocenters. The molecule has 1 aromatic carbocycles. The molecule has 1 atom stereocenters. The van der Waals surface area contributed by atoms with Crippen LogP contribution in [0.5, 0.6) is 5.75 Å². The number of hydrogen-bond donors (Lipinski definition) is 1. The zero-order chi connectivity index (χ0) is 12.5. The van der Waals surface area contributed by atoms with Gasteiger partial charge in [-0.3, -0.25) is 0 Å². The fourth-order valence-electron chi connectivity index (χ4n) is 2.58. The Hall–Kier alpha value is -1.06. The molecule has 1 aromatic rings. The van der Waals surface area contributed by atoms with Crippen molar-refractivity contribution in [2.45, 2.75) is 31.3 Å². The molecule has 0 saturated heterocycles. The fraction of sp³-hybridized carbons (Fsp3) is 0.600. The number of likely N-dealkylation sites (N-methyl/N-ethyl adjacent to an activating group) is 1. The number of fused-ring (bicyclic) bond motifs is 1. The number of ether oxygens (including phenoxy) is 1. The Bertz CT molecular complexity index is 427. The van der Waals surface area contributed by atoms with Gasteiger partial charge in [0.05, 0.1) is 6.61 Å². The molecule has 3 heteroatoms. The topological polar surface area (TPSA) is 24.5 Å². The SMILES string of the molecule is CN(C)C(CNC1CC1)c1ccc2c(c1)CCO2. The largest absolute Gasteiger partial charge is 0.493 e. The van der Waals surface area contributed by atoms with Crippen molar-refractivity contribution >= 4 is 0 Å². The minimum Gasteiger partial charge on any atom is -0.493 e. The number of nitrogens with one attached hydrogen (secondary N) is 1. The minimum absolute atomic E-state index is 0.455. The number of benzene rings is 1. The van der Waals surface area contributed by atoms with E-state index < -0.39 is 0 Å². The lowest BCUT2D eigenvalue weighted by molar-refractivity contribution is 0.288. The van der Waals surface area contributed by atoms with Crippen molar-refractivity contribution in [3.05, 3.63) is 29.3 Å². The van der Waals surface area contributed by atoms with Gasteiger partial charge < -0.3 is 15.0 Å². The van der Waals surface area contributed by atoms with E-state index in [0.717, 1.165) is 31.4 Å². The molecule has 0 bridgehead atoms. The Labute approximate surface area is 109 Å². The molecular formula is C15H22N2O.